The van der Waals surface area contributed by atoms with E-state index in [2.05, 4.69) is 43.3 Å². The van der Waals surface area contributed by atoms with Gasteiger partial charge in [0, 0.05) is 11.1 Å². The standard InChI is InChI=1S/C25H25NO/c1-5-10-23-17(3)24(18(4)27)22(6-2)25(26-23)21-15-13-20(14-16-21)19-11-8-7-9-12-19/h5,7-16H,6H2,1-4H3/b10-5-. The van der Waals surface area contributed by atoms with Crippen LogP contribution in [-0.4, -0.2) is 10.8 Å². The van der Waals surface area contributed by atoms with Gasteiger partial charge >= 0.3 is 0 Å². The maximum absolute atomic E-state index is 12.4. The molecule has 1 heterocycles. The molecule has 3 rings (SSSR count). The summed E-state index contributed by atoms with van der Waals surface area (Å²) in [5.74, 6) is 0.0969. The van der Waals surface area contributed by atoms with E-state index in [0.717, 1.165) is 40.1 Å². The highest BCUT2D eigenvalue weighted by Crippen LogP contribution is 2.31. The third-order valence-corrected chi connectivity index (χ3v) is 4.87. The third kappa shape index (κ3) is 3.75. The highest BCUT2D eigenvalue weighted by atomic mass is 16.1. The normalized spacial score (nSPS) is 11.1. The molecule has 0 unspecified atom stereocenters. The van der Waals surface area contributed by atoms with Crippen LogP contribution in [0.1, 0.15) is 48.0 Å². The fourth-order valence-electron chi connectivity index (χ4n) is 3.58. The lowest BCUT2D eigenvalue weighted by Gasteiger charge is -2.17. The number of pyridine rings is 1. The minimum absolute atomic E-state index is 0.0969. The molecule has 0 amide bonds. The van der Waals surface area contributed by atoms with E-state index in [4.69, 9.17) is 4.98 Å². The molecule has 0 radical (unpaired) electrons. The molecule has 0 N–H and O–H groups in total. The van der Waals surface area contributed by atoms with Gasteiger partial charge < -0.3 is 0 Å². The lowest BCUT2D eigenvalue weighted by molar-refractivity contribution is 0.101. The molecule has 0 saturated carbocycles. The molecular formula is C25H25NO. The molecule has 0 spiro atoms. The molecule has 0 aliphatic rings. The summed E-state index contributed by atoms with van der Waals surface area (Å²) in [6.45, 7) is 7.68. The maximum Gasteiger partial charge on any atom is 0.160 e. The van der Waals surface area contributed by atoms with E-state index >= 15 is 0 Å². The summed E-state index contributed by atoms with van der Waals surface area (Å²) < 4.78 is 0. The summed E-state index contributed by atoms with van der Waals surface area (Å²) in [6, 6.07) is 18.8. The van der Waals surface area contributed by atoms with Crippen molar-refractivity contribution in [3.8, 4) is 22.4 Å². The van der Waals surface area contributed by atoms with Crippen molar-refractivity contribution in [1.29, 1.82) is 0 Å². The zero-order valence-corrected chi connectivity index (χ0v) is 16.4. The molecule has 0 bridgehead atoms. The van der Waals surface area contributed by atoms with Crippen LogP contribution in [0.4, 0.5) is 0 Å². The monoisotopic (exact) mass is 355 g/mol. The number of rotatable bonds is 5. The van der Waals surface area contributed by atoms with Crippen LogP contribution >= 0.6 is 0 Å². The fraction of sp³-hybridized carbons (Fsp3) is 0.200. The average Bonchev–Trinajstić information content (AvgIpc) is 2.69. The number of ketones is 1. The number of hydrogen-bond donors (Lipinski definition) is 0. The molecule has 2 aromatic carbocycles. The largest absolute Gasteiger partial charge is 0.294 e. The molecule has 2 heteroatoms. The van der Waals surface area contributed by atoms with Gasteiger partial charge in [0.2, 0.25) is 0 Å². The highest BCUT2D eigenvalue weighted by Gasteiger charge is 2.19. The molecule has 27 heavy (non-hydrogen) atoms. The van der Waals surface area contributed by atoms with Gasteiger partial charge in [-0.25, -0.2) is 4.98 Å². The van der Waals surface area contributed by atoms with Crippen LogP contribution < -0.4 is 0 Å². The molecule has 0 fully saturated rings. The summed E-state index contributed by atoms with van der Waals surface area (Å²) in [6.07, 6.45) is 4.71. The molecule has 136 valence electrons. The topological polar surface area (TPSA) is 30.0 Å². The Morgan fingerprint density at radius 2 is 1.56 bits per heavy atom. The van der Waals surface area contributed by atoms with Gasteiger partial charge in [0.05, 0.1) is 11.4 Å². The zero-order chi connectivity index (χ0) is 19.4. The Hall–Kier alpha value is -3.00. The second-order valence-electron chi connectivity index (χ2n) is 6.68. The number of allylic oxidation sites excluding steroid dienone is 1. The van der Waals surface area contributed by atoms with Crippen molar-refractivity contribution in [1.82, 2.24) is 4.98 Å². The molecule has 0 atom stereocenters. The number of hydrogen-bond acceptors (Lipinski definition) is 2. The molecule has 0 aliphatic heterocycles. The summed E-state index contributed by atoms with van der Waals surface area (Å²) in [5, 5.41) is 0. The van der Waals surface area contributed by atoms with Crippen molar-refractivity contribution in [2.75, 3.05) is 0 Å². The summed E-state index contributed by atoms with van der Waals surface area (Å²) in [5.41, 5.74) is 7.97. The van der Waals surface area contributed by atoms with Crippen LogP contribution in [-0.2, 0) is 6.42 Å². The Kier molecular flexibility index (Phi) is 5.66. The quantitative estimate of drug-likeness (QED) is 0.487. The van der Waals surface area contributed by atoms with E-state index in [1.165, 1.54) is 11.1 Å². The Balaban J connectivity index is 2.17. The van der Waals surface area contributed by atoms with E-state index < -0.39 is 0 Å². The van der Waals surface area contributed by atoms with Gasteiger partial charge in [0.25, 0.3) is 0 Å². The molecular weight excluding hydrogens is 330 g/mol. The smallest absolute Gasteiger partial charge is 0.160 e. The third-order valence-electron chi connectivity index (χ3n) is 4.87. The maximum atomic E-state index is 12.4. The lowest BCUT2D eigenvalue weighted by atomic mass is 9.91. The zero-order valence-electron chi connectivity index (χ0n) is 16.4. The Morgan fingerprint density at radius 1 is 0.963 bits per heavy atom. The van der Waals surface area contributed by atoms with Crippen molar-refractivity contribution in [3.05, 3.63) is 83.1 Å². The van der Waals surface area contributed by atoms with Crippen LogP contribution in [0, 0.1) is 6.92 Å². The molecule has 3 aromatic rings. The predicted octanol–water partition coefficient (Wildman–Crippen LogP) is 6.52. The SMILES string of the molecule is C/C=C\c1nc(-c2ccc(-c3ccccc3)cc2)c(CC)c(C(C)=O)c1C. The van der Waals surface area contributed by atoms with Gasteiger partial charge in [0.1, 0.15) is 0 Å². The van der Waals surface area contributed by atoms with Crippen LogP contribution in [0.3, 0.4) is 0 Å². The number of benzene rings is 2. The first-order valence-corrected chi connectivity index (χ1v) is 9.39. The second-order valence-corrected chi connectivity index (χ2v) is 6.68. The van der Waals surface area contributed by atoms with Gasteiger partial charge in [-0.2, -0.15) is 0 Å². The van der Waals surface area contributed by atoms with Crippen molar-refractivity contribution in [2.24, 2.45) is 0 Å². The Bertz CT molecular complexity index is 983. The number of carbonyl (C=O) groups is 1. The predicted molar refractivity (Wildman–Crippen MR) is 114 cm³/mol. The van der Waals surface area contributed by atoms with Gasteiger partial charge in [-0.05, 0) is 55.5 Å². The highest BCUT2D eigenvalue weighted by molar-refractivity contribution is 5.99. The molecule has 2 nitrogen and oxygen atoms in total. The van der Waals surface area contributed by atoms with Crippen molar-refractivity contribution >= 4 is 11.9 Å². The first-order chi connectivity index (χ1) is 13.1. The number of aromatic nitrogens is 1. The first-order valence-electron chi connectivity index (χ1n) is 9.39. The van der Waals surface area contributed by atoms with E-state index in [-0.39, 0.29) is 5.78 Å². The van der Waals surface area contributed by atoms with Crippen LogP contribution in [0.25, 0.3) is 28.5 Å². The fourth-order valence-corrected chi connectivity index (χ4v) is 3.58. The number of carbonyl (C=O) groups excluding carboxylic acids is 1. The van der Waals surface area contributed by atoms with Crippen molar-refractivity contribution in [2.45, 2.75) is 34.1 Å². The van der Waals surface area contributed by atoms with Crippen LogP contribution in [0.2, 0.25) is 0 Å². The van der Waals surface area contributed by atoms with E-state index in [9.17, 15) is 4.79 Å². The van der Waals surface area contributed by atoms with E-state index in [1.807, 2.05) is 44.2 Å². The van der Waals surface area contributed by atoms with Crippen LogP contribution in [0.5, 0.6) is 0 Å². The van der Waals surface area contributed by atoms with E-state index in [1.54, 1.807) is 6.92 Å². The Morgan fingerprint density at radius 3 is 2.11 bits per heavy atom. The Labute approximate surface area is 161 Å². The second kappa shape index (κ2) is 8.13. The molecule has 0 aliphatic carbocycles. The van der Waals surface area contributed by atoms with Gasteiger partial charge in [-0.1, -0.05) is 67.6 Å². The first kappa shape index (κ1) is 18.8. The minimum atomic E-state index is 0.0969. The molecule has 1 aromatic heterocycles. The summed E-state index contributed by atoms with van der Waals surface area (Å²) in [4.78, 5) is 17.3. The van der Waals surface area contributed by atoms with Crippen LogP contribution in [0.15, 0.2) is 60.7 Å². The van der Waals surface area contributed by atoms with Crippen molar-refractivity contribution in [3.63, 3.8) is 0 Å². The van der Waals surface area contributed by atoms with Gasteiger partial charge in [-0.3, -0.25) is 4.79 Å². The van der Waals surface area contributed by atoms with E-state index in [0.29, 0.717) is 0 Å². The number of nitrogens with zero attached hydrogens (tertiary/aromatic N) is 1. The average molecular weight is 355 g/mol. The van der Waals surface area contributed by atoms with Gasteiger partial charge in [-0.15, -0.1) is 0 Å². The molecule has 0 saturated heterocycles. The summed E-state index contributed by atoms with van der Waals surface area (Å²) >= 11 is 0. The number of Topliss-reactive ketones (excluding diaryl/α,β-unsaturated/α-hetero) is 1. The van der Waals surface area contributed by atoms with Gasteiger partial charge in [0.15, 0.2) is 5.78 Å². The minimum Gasteiger partial charge on any atom is -0.294 e. The summed E-state index contributed by atoms with van der Waals surface area (Å²) in [7, 11) is 0. The van der Waals surface area contributed by atoms with Crippen molar-refractivity contribution < 1.29 is 4.79 Å². The lowest BCUT2D eigenvalue weighted by Crippen LogP contribution is -2.09.